The summed E-state index contributed by atoms with van der Waals surface area (Å²) in [4.78, 5) is 11.7. The van der Waals surface area contributed by atoms with E-state index in [2.05, 4.69) is 27.9 Å². The summed E-state index contributed by atoms with van der Waals surface area (Å²) in [5, 5.41) is 2.89. The molecule has 3 nitrogen and oxygen atoms in total. The van der Waals surface area contributed by atoms with E-state index in [1.165, 1.54) is 0 Å². The van der Waals surface area contributed by atoms with Crippen molar-refractivity contribution < 1.29 is 9.53 Å². The molecule has 0 spiro atoms. The quantitative estimate of drug-likeness (QED) is 0.865. The lowest BCUT2D eigenvalue weighted by Gasteiger charge is -2.09. The Balaban J connectivity index is 1.86. The second kappa shape index (κ2) is 5.63. The van der Waals surface area contributed by atoms with E-state index in [0.29, 0.717) is 6.42 Å². The average molecular weight is 331 g/mol. The van der Waals surface area contributed by atoms with Gasteiger partial charge >= 0.3 is 0 Å². The summed E-state index contributed by atoms with van der Waals surface area (Å²) in [6.45, 7) is 0.793. The molecular weight excluding hydrogens is 317 g/mol. The molecule has 1 N–H and O–H groups in total. The number of hydrogen-bond acceptors (Lipinski definition) is 2. The normalized spacial score (nSPS) is 19.7. The maximum atomic E-state index is 11.7. The predicted molar refractivity (Wildman–Crippen MR) is 71.4 cm³/mol. The van der Waals surface area contributed by atoms with Crippen molar-refractivity contribution in [2.75, 3.05) is 11.9 Å². The molecule has 2 rings (SSSR count). The number of nitrogens with one attached hydrogen (secondary N) is 1. The first-order chi connectivity index (χ1) is 7.74. The van der Waals surface area contributed by atoms with Crippen molar-refractivity contribution in [3.63, 3.8) is 0 Å². The van der Waals surface area contributed by atoms with Crippen molar-refractivity contribution in [2.24, 2.45) is 0 Å². The topological polar surface area (TPSA) is 38.3 Å². The molecule has 1 unspecified atom stereocenters. The van der Waals surface area contributed by atoms with Crippen LogP contribution < -0.4 is 5.32 Å². The molecule has 0 radical (unpaired) electrons. The Labute approximate surface area is 109 Å². The highest BCUT2D eigenvalue weighted by Crippen LogP contribution is 2.17. The van der Waals surface area contributed by atoms with Crippen LogP contribution in [0.2, 0.25) is 0 Å². The number of hydrogen-bond donors (Lipinski definition) is 1. The maximum Gasteiger partial charge on any atom is 0.226 e. The van der Waals surface area contributed by atoms with Crippen LogP contribution in [0.25, 0.3) is 0 Å². The third-order valence-corrected chi connectivity index (χ3v) is 3.22. The van der Waals surface area contributed by atoms with Crippen molar-refractivity contribution >= 4 is 34.2 Å². The van der Waals surface area contributed by atoms with Crippen LogP contribution in [0.3, 0.4) is 0 Å². The average Bonchev–Trinajstić information content (AvgIpc) is 2.70. The minimum atomic E-state index is 0.0360. The molecule has 1 saturated heterocycles. The molecule has 1 heterocycles. The predicted octanol–water partition coefficient (Wildman–Crippen LogP) is 2.80. The number of benzene rings is 1. The van der Waals surface area contributed by atoms with Gasteiger partial charge in [0.05, 0.1) is 12.5 Å². The first-order valence-corrected chi connectivity index (χ1v) is 6.49. The zero-order valence-corrected chi connectivity index (χ0v) is 11.1. The van der Waals surface area contributed by atoms with E-state index in [1.54, 1.807) is 0 Å². The van der Waals surface area contributed by atoms with Crippen LogP contribution in [-0.2, 0) is 9.53 Å². The highest BCUT2D eigenvalue weighted by atomic mass is 127. The molecule has 0 aromatic heterocycles. The molecule has 4 heteroatoms. The fourth-order valence-corrected chi connectivity index (χ4v) is 2.33. The Morgan fingerprint density at radius 2 is 2.44 bits per heavy atom. The minimum absolute atomic E-state index is 0.0360. The smallest absolute Gasteiger partial charge is 0.226 e. The number of carbonyl (C=O) groups excluding carboxylic acids is 1. The van der Waals surface area contributed by atoms with Gasteiger partial charge in [0.2, 0.25) is 5.91 Å². The largest absolute Gasteiger partial charge is 0.378 e. The molecule has 16 heavy (non-hydrogen) atoms. The summed E-state index contributed by atoms with van der Waals surface area (Å²) in [5.41, 5.74) is 0.856. The van der Waals surface area contributed by atoms with Crippen molar-refractivity contribution in [1.29, 1.82) is 0 Å². The van der Waals surface area contributed by atoms with E-state index < -0.39 is 0 Å². The number of ether oxygens (including phenoxy) is 1. The number of halogens is 1. The fourth-order valence-electron chi connectivity index (χ4n) is 1.79. The van der Waals surface area contributed by atoms with Crippen molar-refractivity contribution in [2.45, 2.75) is 25.4 Å². The van der Waals surface area contributed by atoms with Gasteiger partial charge in [0.1, 0.15) is 0 Å². The van der Waals surface area contributed by atoms with E-state index in [-0.39, 0.29) is 12.0 Å². The summed E-state index contributed by atoms with van der Waals surface area (Å²) in [5.74, 6) is 0.0360. The Hall–Kier alpha value is -0.620. The van der Waals surface area contributed by atoms with Gasteiger partial charge in [0, 0.05) is 15.9 Å². The van der Waals surface area contributed by atoms with Crippen molar-refractivity contribution in [3.05, 3.63) is 27.8 Å². The zero-order chi connectivity index (χ0) is 11.4. The van der Waals surface area contributed by atoms with Gasteiger partial charge in [-0.15, -0.1) is 0 Å². The van der Waals surface area contributed by atoms with Crippen molar-refractivity contribution in [3.8, 4) is 0 Å². The fraction of sp³-hybridized carbons (Fsp3) is 0.417. The van der Waals surface area contributed by atoms with Crippen LogP contribution in [0.5, 0.6) is 0 Å². The lowest BCUT2D eigenvalue weighted by Crippen LogP contribution is -2.19. The van der Waals surface area contributed by atoms with E-state index in [4.69, 9.17) is 4.74 Å². The highest BCUT2D eigenvalue weighted by Gasteiger charge is 2.18. The molecule has 1 atom stereocenters. The summed E-state index contributed by atoms with van der Waals surface area (Å²) >= 11 is 2.23. The van der Waals surface area contributed by atoms with Gasteiger partial charge in [0.25, 0.3) is 0 Å². The number of amides is 1. The summed E-state index contributed by atoms with van der Waals surface area (Å²) < 4.78 is 6.54. The van der Waals surface area contributed by atoms with E-state index in [0.717, 1.165) is 28.7 Å². The molecule has 1 fully saturated rings. The van der Waals surface area contributed by atoms with Gasteiger partial charge < -0.3 is 10.1 Å². The Morgan fingerprint density at radius 1 is 1.56 bits per heavy atom. The number of anilines is 1. The summed E-state index contributed by atoms with van der Waals surface area (Å²) in [7, 11) is 0. The zero-order valence-electron chi connectivity index (χ0n) is 8.91. The maximum absolute atomic E-state index is 11.7. The minimum Gasteiger partial charge on any atom is -0.378 e. The first-order valence-electron chi connectivity index (χ1n) is 5.41. The highest BCUT2D eigenvalue weighted by molar-refractivity contribution is 14.1. The van der Waals surface area contributed by atoms with Crippen LogP contribution in [0.15, 0.2) is 24.3 Å². The molecule has 1 aromatic rings. The summed E-state index contributed by atoms with van der Waals surface area (Å²) in [6, 6.07) is 7.78. The molecule has 1 aliphatic rings. The first kappa shape index (κ1) is 11.9. The van der Waals surface area contributed by atoms with Gasteiger partial charge in [-0.25, -0.2) is 0 Å². The molecule has 0 bridgehead atoms. The second-order valence-corrected chi connectivity index (χ2v) is 5.14. The lowest BCUT2D eigenvalue weighted by atomic mass is 10.2. The van der Waals surface area contributed by atoms with Gasteiger partial charge in [-0.2, -0.15) is 0 Å². The number of rotatable bonds is 3. The summed E-state index contributed by atoms with van der Waals surface area (Å²) in [6.07, 6.45) is 2.65. The molecule has 86 valence electrons. The molecule has 1 aromatic carbocycles. The van der Waals surface area contributed by atoms with E-state index >= 15 is 0 Å². The van der Waals surface area contributed by atoms with Crippen LogP contribution in [0, 0.1) is 3.57 Å². The van der Waals surface area contributed by atoms with Gasteiger partial charge in [-0.3, -0.25) is 4.79 Å². The van der Waals surface area contributed by atoms with Crippen molar-refractivity contribution in [1.82, 2.24) is 0 Å². The molecular formula is C12H14INO2. The third kappa shape index (κ3) is 3.45. The second-order valence-electron chi connectivity index (χ2n) is 3.90. The van der Waals surface area contributed by atoms with Gasteiger partial charge in [-0.05, 0) is 53.6 Å². The van der Waals surface area contributed by atoms with Gasteiger partial charge in [-0.1, -0.05) is 6.07 Å². The Bertz CT molecular complexity index is 375. The lowest BCUT2D eigenvalue weighted by molar-refractivity contribution is -0.118. The Morgan fingerprint density at radius 3 is 3.12 bits per heavy atom. The van der Waals surface area contributed by atoms with Crippen LogP contribution in [0.1, 0.15) is 19.3 Å². The monoisotopic (exact) mass is 331 g/mol. The van der Waals surface area contributed by atoms with Crippen LogP contribution >= 0.6 is 22.6 Å². The van der Waals surface area contributed by atoms with Crippen LogP contribution in [-0.4, -0.2) is 18.6 Å². The SMILES string of the molecule is O=C(CC1CCCO1)Nc1cccc(I)c1. The Kier molecular flexibility index (Phi) is 4.17. The van der Waals surface area contributed by atoms with E-state index in [1.807, 2.05) is 24.3 Å². The van der Waals surface area contributed by atoms with E-state index in [9.17, 15) is 4.79 Å². The van der Waals surface area contributed by atoms with Crippen LogP contribution in [0.4, 0.5) is 5.69 Å². The molecule has 1 aliphatic heterocycles. The third-order valence-electron chi connectivity index (χ3n) is 2.55. The molecule has 0 saturated carbocycles. The molecule has 0 aliphatic carbocycles. The standard InChI is InChI=1S/C12H14INO2/c13-9-3-1-4-10(7-9)14-12(15)8-11-5-2-6-16-11/h1,3-4,7,11H,2,5-6,8H2,(H,14,15). The van der Waals surface area contributed by atoms with Gasteiger partial charge in [0.15, 0.2) is 0 Å². The molecule has 1 amide bonds. The number of carbonyl (C=O) groups is 1.